The van der Waals surface area contributed by atoms with Gasteiger partial charge in [0.05, 0.1) is 15.9 Å². The van der Waals surface area contributed by atoms with Crippen LogP contribution in [-0.2, 0) is 4.79 Å². The molecule has 0 unspecified atom stereocenters. The highest BCUT2D eigenvalue weighted by Crippen LogP contribution is 2.34. The van der Waals surface area contributed by atoms with Crippen LogP contribution in [0.5, 0.6) is 0 Å². The fourth-order valence-electron chi connectivity index (χ4n) is 3.00. The molecule has 1 aromatic heterocycles. The summed E-state index contributed by atoms with van der Waals surface area (Å²) < 4.78 is 1.10. The van der Waals surface area contributed by atoms with E-state index in [4.69, 9.17) is 0 Å². The number of thiazole rings is 1. The predicted octanol–water partition coefficient (Wildman–Crippen LogP) is 4.63. The molecule has 0 aliphatic carbocycles. The zero-order valence-corrected chi connectivity index (χ0v) is 15.4. The number of anilines is 2. The SMILES string of the molecule is O=C(CCCN1CCSc2ccccc21)Nc1nc2ccccc2s1. The van der Waals surface area contributed by atoms with E-state index < -0.39 is 0 Å². The maximum atomic E-state index is 12.2. The summed E-state index contributed by atoms with van der Waals surface area (Å²) in [6.45, 7) is 1.95. The Kier molecular flexibility index (Phi) is 4.90. The van der Waals surface area contributed by atoms with Crippen molar-refractivity contribution in [3.8, 4) is 0 Å². The van der Waals surface area contributed by atoms with Gasteiger partial charge in [-0.25, -0.2) is 4.98 Å². The number of nitrogens with one attached hydrogen (secondary N) is 1. The molecule has 2 heterocycles. The first kappa shape index (κ1) is 16.4. The number of carbonyl (C=O) groups excluding carboxylic acids is 1. The van der Waals surface area contributed by atoms with Gasteiger partial charge in [0.25, 0.3) is 0 Å². The number of carbonyl (C=O) groups is 1. The Balaban J connectivity index is 1.31. The summed E-state index contributed by atoms with van der Waals surface area (Å²) in [6.07, 6.45) is 1.36. The molecule has 6 heteroatoms. The Morgan fingerprint density at radius 1 is 1.16 bits per heavy atom. The number of benzene rings is 2. The standard InChI is InChI=1S/C19H19N3OS2/c23-18(21-19-20-14-6-1-3-8-16(14)25-19)10-5-11-22-12-13-24-17-9-4-2-7-15(17)22/h1-4,6-9H,5,10-13H2,(H,20,21,23). The van der Waals surface area contributed by atoms with Gasteiger partial charge in [-0.3, -0.25) is 4.79 Å². The van der Waals surface area contributed by atoms with Gasteiger partial charge in [-0.15, -0.1) is 11.8 Å². The first-order valence-electron chi connectivity index (χ1n) is 8.42. The second-order valence-corrected chi connectivity index (χ2v) is 8.11. The molecule has 0 spiro atoms. The van der Waals surface area contributed by atoms with Crippen molar-refractivity contribution in [3.63, 3.8) is 0 Å². The summed E-state index contributed by atoms with van der Waals surface area (Å²) in [5.41, 5.74) is 2.23. The molecule has 0 saturated carbocycles. The minimum Gasteiger partial charge on any atom is -0.370 e. The summed E-state index contributed by atoms with van der Waals surface area (Å²) in [7, 11) is 0. The van der Waals surface area contributed by atoms with Gasteiger partial charge >= 0.3 is 0 Å². The largest absolute Gasteiger partial charge is 0.370 e. The molecule has 0 saturated heterocycles. The van der Waals surface area contributed by atoms with Crippen molar-refractivity contribution in [2.75, 3.05) is 29.1 Å². The Morgan fingerprint density at radius 2 is 2.00 bits per heavy atom. The van der Waals surface area contributed by atoms with Crippen LogP contribution in [0.15, 0.2) is 53.4 Å². The molecule has 2 aromatic carbocycles. The number of nitrogens with zero attached hydrogens (tertiary/aromatic N) is 2. The Bertz CT molecular complexity index is 860. The molecule has 0 atom stereocenters. The summed E-state index contributed by atoms with van der Waals surface area (Å²) in [5.74, 6) is 1.15. The summed E-state index contributed by atoms with van der Waals surface area (Å²) in [4.78, 5) is 20.4. The van der Waals surface area contributed by atoms with E-state index in [-0.39, 0.29) is 5.91 Å². The molecule has 4 rings (SSSR count). The van der Waals surface area contributed by atoms with Crippen LogP contribution in [0.1, 0.15) is 12.8 Å². The number of para-hydroxylation sites is 2. The van der Waals surface area contributed by atoms with Gasteiger partial charge < -0.3 is 10.2 Å². The fraction of sp³-hybridized carbons (Fsp3) is 0.263. The molecular weight excluding hydrogens is 350 g/mol. The van der Waals surface area contributed by atoms with E-state index in [1.54, 1.807) is 0 Å². The molecule has 25 heavy (non-hydrogen) atoms. The van der Waals surface area contributed by atoms with E-state index in [0.717, 1.165) is 35.5 Å². The zero-order chi connectivity index (χ0) is 17.1. The van der Waals surface area contributed by atoms with E-state index in [0.29, 0.717) is 11.6 Å². The van der Waals surface area contributed by atoms with Crippen LogP contribution in [0, 0.1) is 0 Å². The number of hydrogen-bond acceptors (Lipinski definition) is 5. The van der Waals surface area contributed by atoms with E-state index in [9.17, 15) is 4.79 Å². The van der Waals surface area contributed by atoms with Crippen molar-refractivity contribution in [2.24, 2.45) is 0 Å². The van der Waals surface area contributed by atoms with E-state index in [1.165, 1.54) is 21.9 Å². The van der Waals surface area contributed by atoms with Gasteiger partial charge in [0.1, 0.15) is 0 Å². The minimum absolute atomic E-state index is 0.0405. The summed E-state index contributed by atoms with van der Waals surface area (Å²) >= 11 is 3.43. The highest BCUT2D eigenvalue weighted by atomic mass is 32.2. The maximum absolute atomic E-state index is 12.2. The normalized spacial score (nSPS) is 13.7. The molecule has 1 N–H and O–H groups in total. The second-order valence-electron chi connectivity index (χ2n) is 5.94. The lowest BCUT2D eigenvalue weighted by Gasteiger charge is -2.30. The van der Waals surface area contributed by atoms with Crippen molar-refractivity contribution < 1.29 is 4.79 Å². The van der Waals surface area contributed by atoms with Gasteiger partial charge in [0.2, 0.25) is 5.91 Å². The number of amides is 1. The van der Waals surface area contributed by atoms with Gasteiger partial charge in [-0.1, -0.05) is 35.6 Å². The smallest absolute Gasteiger partial charge is 0.226 e. The predicted molar refractivity (Wildman–Crippen MR) is 107 cm³/mol. The molecule has 1 aliphatic heterocycles. The number of aromatic nitrogens is 1. The first-order chi connectivity index (χ1) is 12.3. The van der Waals surface area contributed by atoms with Crippen molar-refractivity contribution in [3.05, 3.63) is 48.5 Å². The number of rotatable bonds is 5. The highest BCUT2D eigenvalue weighted by Gasteiger charge is 2.16. The minimum atomic E-state index is 0.0405. The Morgan fingerprint density at radius 3 is 2.92 bits per heavy atom. The van der Waals surface area contributed by atoms with Crippen LogP contribution in [0.25, 0.3) is 10.2 Å². The van der Waals surface area contributed by atoms with Crippen LogP contribution in [0.3, 0.4) is 0 Å². The highest BCUT2D eigenvalue weighted by molar-refractivity contribution is 7.99. The second kappa shape index (κ2) is 7.45. The lowest BCUT2D eigenvalue weighted by atomic mass is 10.2. The molecule has 0 bridgehead atoms. The third-order valence-corrected chi connectivity index (χ3v) is 6.19. The number of thioether (sulfide) groups is 1. The quantitative estimate of drug-likeness (QED) is 0.712. The van der Waals surface area contributed by atoms with E-state index in [1.807, 2.05) is 36.0 Å². The number of fused-ring (bicyclic) bond motifs is 2. The molecule has 3 aromatic rings. The monoisotopic (exact) mass is 369 g/mol. The summed E-state index contributed by atoms with van der Waals surface area (Å²) in [6, 6.07) is 16.4. The first-order valence-corrected chi connectivity index (χ1v) is 10.2. The Hall–Kier alpha value is -2.05. The molecule has 4 nitrogen and oxygen atoms in total. The van der Waals surface area contributed by atoms with Crippen LogP contribution >= 0.6 is 23.1 Å². The molecule has 1 aliphatic rings. The lowest BCUT2D eigenvalue weighted by Crippen LogP contribution is -2.30. The van der Waals surface area contributed by atoms with Gasteiger partial charge in [0, 0.05) is 30.2 Å². The van der Waals surface area contributed by atoms with Crippen LogP contribution in [0.4, 0.5) is 10.8 Å². The third kappa shape index (κ3) is 3.80. The third-order valence-electron chi connectivity index (χ3n) is 4.20. The molecule has 128 valence electrons. The van der Waals surface area contributed by atoms with E-state index in [2.05, 4.69) is 39.5 Å². The molecular formula is C19H19N3OS2. The van der Waals surface area contributed by atoms with E-state index >= 15 is 0 Å². The van der Waals surface area contributed by atoms with Gasteiger partial charge in [-0.2, -0.15) is 0 Å². The summed E-state index contributed by atoms with van der Waals surface area (Å²) in [5, 5.41) is 3.62. The zero-order valence-electron chi connectivity index (χ0n) is 13.8. The van der Waals surface area contributed by atoms with Crippen molar-refractivity contribution >= 4 is 50.0 Å². The van der Waals surface area contributed by atoms with Crippen LogP contribution < -0.4 is 10.2 Å². The topological polar surface area (TPSA) is 45.2 Å². The van der Waals surface area contributed by atoms with Crippen molar-refractivity contribution in [2.45, 2.75) is 17.7 Å². The Labute approximate surface area is 155 Å². The molecule has 1 amide bonds. The van der Waals surface area contributed by atoms with Crippen LogP contribution in [0.2, 0.25) is 0 Å². The van der Waals surface area contributed by atoms with Gasteiger partial charge in [-0.05, 0) is 30.7 Å². The average molecular weight is 370 g/mol. The maximum Gasteiger partial charge on any atom is 0.226 e. The molecule has 0 radical (unpaired) electrons. The number of hydrogen-bond donors (Lipinski definition) is 1. The average Bonchev–Trinajstić information content (AvgIpc) is 3.04. The van der Waals surface area contributed by atoms with Crippen molar-refractivity contribution in [1.29, 1.82) is 0 Å². The fourth-order valence-corrected chi connectivity index (χ4v) is 4.93. The van der Waals surface area contributed by atoms with Gasteiger partial charge in [0.15, 0.2) is 5.13 Å². The lowest BCUT2D eigenvalue weighted by molar-refractivity contribution is -0.116. The molecule has 0 fully saturated rings. The van der Waals surface area contributed by atoms with Crippen molar-refractivity contribution in [1.82, 2.24) is 4.98 Å². The van der Waals surface area contributed by atoms with Crippen LogP contribution in [-0.4, -0.2) is 29.7 Å².